The molecule has 0 aliphatic heterocycles. The number of benzene rings is 1. The van der Waals surface area contributed by atoms with Crippen LogP contribution in [0.15, 0.2) is 30.3 Å². The van der Waals surface area contributed by atoms with Gasteiger partial charge in [-0.2, -0.15) is 11.8 Å². The first-order valence-electron chi connectivity index (χ1n) is 6.34. The predicted octanol–water partition coefficient (Wildman–Crippen LogP) is 3.45. The maximum Gasteiger partial charge on any atom is 0.412 e. The van der Waals surface area contributed by atoms with Gasteiger partial charge in [-0.15, -0.1) is 0 Å². The second-order valence-corrected chi connectivity index (χ2v) is 5.71. The smallest absolute Gasteiger partial charge is 0.410 e. The summed E-state index contributed by atoms with van der Waals surface area (Å²) in [4.78, 5) is 11.7. The van der Waals surface area contributed by atoms with Gasteiger partial charge in [0.05, 0.1) is 0 Å². The van der Waals surface area contributed by atoms with E-state index in [0.717, 1.165) is 12.8 Å². The van der Waals surface area contributed by atoms with E-state index < -0.39 is 0 Å². The number of hydrogen-bond acceptors (Lipinski definition) is 3. The van der Waals surface area contributed by atoms with Crippen LogP contribution < -0.4 is 10.1 Å². The predicted molar refractivity (Wildman–Crippen MR) is 75.2 cm³/mol. The molecule has 3 nitrogen and oxygen atoms in total. The second-order valence-electron chi connectivity index (χ2n) is 4.57. The lowest BCUT2D eigenvalue weighted by Crippen LogP contribution is -2.40. The van der Waals surface area contributed by atoms with Crippen molar-refractivity contribution in [3.8, 4) is 5.75 Å². The summed E-state index contributed by atoms with van der Waals surface area (Å²) in [6.45, 7) is 0. The number of para-hydroxylation sites is 1. The van der Waals surface area contributed by atoms with Crippen LogP contribution in [0.25, 0.3) is 0 Å². The Morgan fingerprint density at radius 1 is 1.33 bits per heavy atom. The highest BCUT2D eigenvalue weighted by molar-refractivity contribution is 7.99. The van der Waals surface area contributed by atoms with Crippen LogP contribution in [0.4, 0.5) is 4.79 Å². The third-order valence-corrected chi connectivity index (χ3v) is 4.33. The molecular weight excluding hydrogens is 246 g/mol. The normalized spacial score (nSPS) is 23.4. The molecule has 0 saturated heterocycles. The van der Waals surface area contributed by atoms with Crippen molar-refractivity contribution in [2.45, 2.75) is 37.0 Å². The molecule has 2 rings (SSSR count). The SMILES string of the molecule is CSC1CCCC(NC(=O)Oc2ccccc2)C1. The molecule has 0 spiro atoms. The molecule has 4 heteroatoms. The fourth-order valence-electron chi connectivity index (χ4n) is 2.28. The zero-order valence-corrected chi connectivity index (χ0v) is 11.4. The van der Waals surface area contributed by atoms with Crippen LogP contribution >= 0.6 is 11.8 Å². The number of carbonyl (C=O) groups is 1. The second kappa shape index (κ2) is 6.69. The van der Waals surface area contributed by atoms with Gasteiger partial charge >= 0.3 is 6.09 Å². The first kappa shape index (κ1) is 13.3. The molecule has 0 heterocycles. The van der Waals surface area contributed by atoms with E-state index in [0.29, 0.717) is 11.0 Å². The van der Waals surface area contributed by atoms with E-state index in [2.05, 4.69) is 11.6 Å². The van der Waals surface area contributed by atoms with Crippen molar-refractivity contribution in [1.82, 2.24) is 5.32 Å². The largest absolute Gasteiger partial charge is 0.412 e. The van der Waals surface area contributed by atoms with Crippen LogP contribution in [0, 0.1) is 0 Å². The number of amides is 1. The highest BCUT2D eigenvalue weighted by Crippen LogP contribution is 2.26. The molecule has 1 saturated carbocycles. The zero-order valence-electron chi connectivity index (χ0n) is 10.6. The minimum Gasteiger partial charge on any atom is -0.410 e. The van der Waals surface area contributed by atoms with E-state index in [1.165, 1.54) is 12.8 Å². The van der Waals surface area contributed by atoms with Gasteiger partial charge in [-0.3, -0.25) is 0 Å². The van der Waals surface area contributed by atoms with E-state index in [9.17, 15) is 4.79 Å². The molecular formula is C14H19NO2S. The number of hydrogen-bond donors (Lipinski definition) is 1. The maximum atomic E-state index is 11.7. The first-order chi connectivity index (χ1) is 8.78. The van der Waals surface area contributed by atoms with E-state index >= 15 is 0 Å². The minimum atomic E-state index is -0.340. The Morgan fingerprint density at radius 2 is 2.11 bits per heavy atom. The Hall–Kier alpha value is -1.16. The summed E-state index contributed by atoms with van der Waals surface area (Å²) in [5.41, 5.74) is 0. The molecule has 1 aliphatic rings. The van der Waals surface area contributed by atoms with Crippen molar-refractivity contribution in [3.05, 3.63) is 30.3 Å². The number of nitrogens with one attached hydrogen (secondary N) is 1. The molecule has 2 unspecified atom stereocenters. The lowest BCUT2D eigenvalue weighted by Gasteiger charge is -2.28. The van der Waals surface area contributed by atoms with Gasteiger partial charge in [0.25, 0.3) is 0 Å². The molecule has 1 N–H and O–H groups in total. The van der Waals surface area contributed by atoms with Gasteiger partial charge in [-0.1, -0.05) is 24.6 Å². The van der Waals surface area contributed by atoms with Gasteiger partial charge in [0.15, 0.2) is 0 Å². The van der Waals surface area contributed by atoms with Crippen LogP contribution in [-0.4, -0.2) is 23.6 Å². The van der Waals surface area contributed by atoms with Crippen molar-refractivity contribution in [1.29, 1.82) is 0 Å². The average Bonchev–Trinajstić information content (AvgIpc) is 2.40. The van der Waals surface area contributed by atoms with Crippen LogP contribution in [0.3, 0.4) is 0 Å². The van der Waals surface area contributed by atoms with E-state index in [1.807, 2.05) is 30.0 Å². The summed E-state index contributed by atoms with van der Waals surface area (Å²) in [6.07, 6.45) is 6.34. The molecule has 1 fully saturated rings. The summed E-state index contributed by atoms with van der Waals surface area (Å²) in [6, 6.07) is 9.43. The molecule has 0 aromatic heterocycles. The number of thioether (sulfide) groups is 1. The van der Waals surface area contributed by atoms with E-state index in [-0.39, 0.29) is 12.1 Å². The van der Waals surface area contributed by atoms with Crippen molar-refractivity contribution in [2.24, 2.45) is 0 Å². The van der Waals surface area contributed by atoms with Crippen molar-refractivity contribution in [3.63, 3.8) is 0 Å². The molecule has 18 heavy (non-hydrogen) atoms. The van der Waals surface area contributed by atoms with Gasteiger partial charge in [-0.25, -0.2) is 4.79 Å². The molecule has 2 atom stereocenters. The average molecular weight is 265 g/mol. The Balaban J connectivity index is 1.80. The van der Waals surface area contributed by atoms with Crippen LogP contribution in [0.5, 0.6) is 5.75 Å². The Labute approximate surface area is 112 Å². The fourth-order valence-corrected chi connectivity index (χ4v) is 3.11. The molecule has 0 radical (unpaired) electrons. The Bertz CT molecular complexity index is 383. The van der Waals surface area contributed by atoms with Crippen LogP contribution in [0.2, 0.25) is 0 Å². The first-order valence-corrected chi connectivity index (χ1v) is 7.63. The van der Waals surface area contributed by atoms with E-state index in [4.69, 9.17) is 4.74 Å². The molecule has 1 aliphatic carbocycles. The standard InChI is InChI=1S/C14H19NO2S/c1-18-13-9-5-6-11(10-13)15-14(16)17-12-7-3-2-4-8-12/h2-4,7-8,11,13H,5-6,9-10H2,1H3,(H,15,16). The van der Waals surface area contributed by atoms with Crippen LogP contribution in [-0.2, 0) is 0 Å². The van der Waals surface area contributed by atoms with E-state index in [1.54, 1.807) is 12.1 Å². The highest BCUT2D eigenvalue weighted by atomic mass is 32.2. The van der Waals surface area contributed by atoms with Gasteiger partial charge in [-0.05, 0) is 37.7 Å². The van der Waals surface area contributed by atoms with Crippen molar-refractivity contribution >= 4 is 17.9 Å². The maximum absolute atomic E-state index is 11.7. The lowest BCUT2D eigenvalue weighted by atomic mass is 9.95. The zero-order chi connectivity index (χ0) is 12.8. The molecule has 1 aromatic carbocycles. The van der Waals surface area contributed by atoms with Crippen molar-refractivity contribution < 1.29 is 9.53 Å². The summed E-state index contributed by atoms with van der Waals surface area (Å²) in [7, 11) is 0. The van der Waals surface area contributed by atoms with Gasteiger partial charge < -0.3 is 10.1 Å². The quantitative estimate of drug-likeness (QED) is 0.909. The van der Waals surface area contributed by atoms with Gasteiger partial charge in [0, 0.05) is 11.3 Å². The summed E-state index contributed by atoms with van der Waals surface area (Å²) in [5.74, 6) is 0.590. The molecule has 1 aromatic rings. The van der Waals surface area contributed by atoms with Crippen LogP contribution in [0.1, 0.15) is 25.7 Å². The number of rotatable bonds is 3. The monoisotopic (exact) mass is 265 g/mol. The summed E-state index contributed by atoms with van der Waals surface area (Å²) in [5, 5.41) is 3.62. The Morgan fingerprint density at radius 3 is 2.83 bits per heavy atom. The van der Waals surface area contributed by atoms with Crippen molar-refractivity contribution in [2.75, 3.05) is 6.26 Å². The Kier molecular flexibility index (Phi) is 4.93. The third kappa shape index (κ3) is 3.95. The fraction of sp³-hybridized carbons (Fsp3) is 0.500. The minimum absolute atomic E-state index is 0.257. The lowest BCUT2D eigenvalue weighted by molar-refractivity contribution is 0.192. The van der Waals surface area contributed by atoms with Gasteiger partial charge in [0.2, 0.25) is 0 Å². The van der Waals surface area contributed by atoms with Gasteiger partial charge in [0.1, 0.15) is 5.75 Å². The summed E-state index contributed by atoms with van der Waals surface area (Å²) >= 11 is 1.89. The highest BCUT2D eigenvalue weighted by Gasteiger charge is 2.23. The molecule has 98 valence electrons. The third-order valence-electron chi connectivity index (χ3n) is 3.24. The molecule has 1 amide bonds. The number of ether oxygens (including phenoxy) is 1. The number of carbonyl (C=O) groups excluding carboxylic acids is 1. The molecule has 0 bridgehead atoms. The summed E-state index contributed by atoms with van der Waals surface area (Å²) < 4.78 is 5.23. The topological polar surface area (TPSA) is 38.3 Å².